The minimum absolute atomic E-state index is 1.25. The van der Waals surface area contributed by atoms with Gasteiger partial charge in [0.25, 0.3) is 0 Å². The average molecular weight is 98.1 g/mol. The van der Waals surface area contributed by atoms with Gasteiger partial charge in [-0.3, -0.25) is 5.41 Å². The van der Waals surface area contributed by atoms with Crippen LogP contribution in [0.5, 0.6) is 0 Å². The van der Waals surface area contributed by atoms with Crippen molar-refractivity contribution in [3.8, 4) is 0 Å². The molecule has 0 aliphatic rings. The van der Waals surface area contributed by atoms with Gasteiger partial charge in [-0.15, -0.1) is 0 Å². The van der Waals surface area contributed by atoms with Crippen molar-refractivity contribution in [2.45, 2.75) is 6.92 Å². The Bertz CT molecular complexity index is 76.1. The van der Waals surface area contributed by atoms with Crippen LogP contribution >= 0.6 is 0 Å². The molecule has 1 N–H and O–H groups in total. The maximum Gasteiger partial charge on any atom is 0.0854 e. The topological polar surface area (TPSA) is 27.1 Å². The van der Waals surface area contributed by atoms with E-state index in [1.54, 1.807) is 4.90 Å². The summed E-state index contributed by atoms with van der Waals surface area (Å²) in [4.78, 5) is 1.67. The lowest BCUT2D eigenvalue weighted by molar-refractivity contribution is 0.704. The van der Waals surface area contributed by atoms with Crippen molar-refractivity contribution >= 4 is 6.34 Å². The van der Waals surface area contributed by atoms with Crippen LogP contribution in [-0.2, 0) is 0 Å². The summed E-state index contributed by atoms with van der Waals surface area (Å²) in [5, 5.41) is 6.66. The zero-order valence-corrected chi connectivity index (χ0v) is 4.68. The van der Waals surface area contributed by atoms with E-state index in [1.807, 2.05) is 26.2 Å². The van der Waals surface area contributed by atoms with E-state index in [9.17, 15) is 0 Å². The first kappa shape index (κ1) is 6.21. The maximum absolute atomic E-state index is 6.66. The smallest absolute Gasteiger partial charge is 0.0854 e. The Labute approximate surface area is 44.0 Å². The van der Waals surface area contributed by atoms with E-state index in [4.69, 9.17) is 5.41 Å². The van der Waals surface area contributed by atoms with Crippen molar-refractivity contribution in [3.05, 3.63) is 12.3 Å². The molecule has 0 radical (unpaired) electrons. The second-order valence-corrected chi connectivity index (χ2v) is 1.28. The van der Waals surface area contributed by atoms with Gasteiger partial charge in [-0.1, -0.05) is 6.08 Å². The molecule has 0 aromatic carbocycles. The molecule has 0 aliphatic heterocycles. The maximum atomic E-state index is 6.66. The minimum Gasteiger partial charge on any atom is -0.343 e. The zero-order valence-electron chi connectivity index (χ0n) is 4.68. The Kier molecular flexibility index (Phi) is 3.02. The minimum atomic E-state index is 1.25. The molecule has 0 amide bonds. The van der Waals surface area contributed by atoms with Crippen LogP contribution < -0.4 is 0 Å². The van der Waals surface area contributed by atoms with Crippen LogP contribution in [0.3, 0.4) is 0 Å². The molecule has 0 saturated carbocycles. The SMILES string of the molecule is C/C=C/N(C)C=N. The average Bonchev–Trinajstić information content (AvgIpc) is 1.68. The molecule has 7 heavy (non-hydrogen) atoms. The van der Waals surface area contributed by atoms with Gasteiger partial charge in [0.15, 0.2) is 0 Å². The molecule has 2 heteroatoms. The molecule has 0 bridgehead atoms. The summed E-state index contributed by atoms with van der Waals surface area (Å²) in [5.74, 6) is 0. The zero-order chi connectivity index (χ0) is 5.70. The molecule has 0 atom stereocenters. The lowest BCUT2D eigenvalue weighted by atomic mass is 10.7. The number of hydrogen-bond acceptors (Lipinski definition) is 1. The van der Waals surface area contributed by atoms with Gasteiger partial charge in [0.1, 0.15) is 0 Å². The number of nitrogens with one attached hydrogen (secondary N) is 1. The van der Waals surface area contributed by atoms with Gasteiger partial charge in [-0.25, -0.2) is 0 Å². The summed E-state index contributed by atoms with van der Waals surface area (Å²) in [7, 11) is 1.81. The van der Waals surface area contributed by atoms with Crippen LogP contribution in [-0.4, -0.2) is 18.3 Å². The Morgan fingerprint density at radius 3 is 2.29 bits per heavy atom. The first-order valence-electron chi connectivity index (χ1n) is 2.16. The first-order chi connectivity index (χ1) is 3.31. The van der Waals surface area contributed by atoms with E-state index in [0.717, 1.165) is 0 Å². The molecule has 40 valence electrons. The molecule has 0 fully saturated rings. The quantitative estimate of drug-likeness (QED) is 0.405. The van der Waals surface area contributed by atoms with Crippen molar-refractivity contribution in [3.63, 3.8) is 0 Å². The summed E-state index contributed by atoms with van der Waals surface area (Å²) in [6.07, 6.45) is 4.94. The Morgan fingerprint density at radius 2 is 2.14 bits per heavy atom. The molecule has 0 aliphatic carbocycles. The highest BCUT2D eigenvalue weighted by Gasteiger charge is 1.73. The third-order valence-corrected chi connectivity index (χ3v) is 0.588. The largest absolute Gasteiger partial charge is 0.343 e. The molecule has 0 heterocycles. The van der Waals surface area contributed by atoms with Gasteiger partial charge < -0.3 is 4.90 Å². The number of allylic oxidation sites excluding steroid dienone is 1. The molecule has 0 unspecified atom stereocenters. The molecule has 0 saturated heterocycles. The van der Waals surface area contributed by atoms with Gasteiger partial charge >= 0.3 is 0 Å². The molecular weight excluding hydrogens is 88.1 g/mol. The van der Waals surface area contributed by atoms with Crippen molar-refractivity contribution < 1.29 is 0 Å². The van der Waals surface area contributed by atoms with Crippen molar-refractivity contribution in [1.82, 2.24) is 4.90 Å². The van der Waals surface area contributed by atoms with Crippen molar-refractivity contribution in [2.24, 2.45) is 0 Å². The predicted molar refractivity (Wildman–Crippen MR) is 31.4 cm³/mol. The second kappa shape index (κ2) is 3.40. The highest BCUT2D eigenvalue weighted by molar-refractivity contribution is 5.51. The fraction of sp³-hybridized carbons (Fsp3) is 0.400. The van der Waals surface area contributed by atoms with Gasteiger partial charge in [-0.05, 0) is 6.92 Å². The predicted octanol–water partition coefficient (Wildman–Crippen LogP) is 1.06. The van der Waals surface area contributed by atoms with Gasteiger partial charge in [0, 0.05) is 13.2 Å². The van der Waals surface area contributed by atoms with Crippen LogP contribution in [0.4, 0.5) is 0 Å². The molecule has 0 aromatic heterocycles. The fourth-order valence-electron chi connectivity index (χ4n) is 0.278. The monoisotopic (exact) mass is 98.1 g/mol. The molecule has 0 spiro atoms. The fourth-order valence-corrected chi connectivity index (χ4v) is 0.278. The molecular formula is C5H10N2. The summed E-state index contributed by atoms with van der Waals surface area (Å²) >= 11 is 0. The highest BCUT2D eigenvalue weighted by Crippen LogP contribution is 1.74. The van der Waals surface area contributed by atoms with Crippen LogP contribution in [0.1, 0.15) is 6.92 Å². The van der Waals surface area contributed by atoms with E-state index in [2.05, 4.69) is 0 Å². The van der Waals surface area contributed by atoms with Crippen LogP contribution in [0.25, 0.3) is 0 Å². The van der Waals surface area contributed by atoms with Crippen LogP contribution in [0.15, 0.2) is 12.3 Å². The Hall–Kier alpha value is -0.790. The molecule has 0 rings (SSSR count). The standard InChI is InChI=1S/C5H10N2/c1-3-4-7(2)5-6/h3-6H,1-2H3/b4-3+,6-5?. The van der Waals surface area contributed by atoms with E-state index >= 15 is 0 Å². The van der Waals surface area contributed by atoms with Crippen LogP contribution in [0.2, 0.25) is 0 Å². The highest BCUT2D eigenvalue weighted by atomic mass is 15.1. The van der Waals surface area contributed by atoms with E-state index in [-0.39, 0.29) is 0 Å². The van der Waals surface area contributed by atoms with Gasteiger partial charge in [-0.2, -0.15) is 0 Å². The summed E-state index contributed by atoms with van der Waals surface area (Å²) in [6.45, 7) is 1.92. The van der Waals surface area contributed by atoms with Crippen molar-refractivity contribution in [1.29, 1.82) is 5.41 Å². The lowest BCUT2D eigenvalue weighted by Crippen LogP contribution is -2.04. The number of nitrogens with zero attached hydrogens (tertiary/aromatic N) is 1. The summed E-state index contributed by atoms with van der Waals surface area (Å²) < 4.78 is 0. The summed E-state index contributed by atoms with van der Waals surface area (Å²) in [5.41, 5.74) is 0. The number of rotatable bonds is 2. The molecule has 2 nitrogen and oxygen atoms in total. The first-order valence-corrected chi connectivity index (χ1v) is 2.16. The van der Waals surface area contributed by atoms with Gasteiger partial charge in [0.2, 0.25) is 0 Å². The number of hydrogen-bond donors (Lipinski definition) is 1. The second-order valence-electron chi connectivity index (χ2n) is 1.28. The van der Waals surface area contributed by atoms with E-state index < -0.39 is 0 Å². The van der Waals surface area contributed by atoms with Gasteiger partial charge in [0.05, 0.1) is 6.34 Å². The van der Waals surface area contributed by atoms with E-state index in [1.165, 1.54) is 6.34 Å². The lowest BCUT2D eigenvalue weighted by Gasteiger charge is -2.00. The molecule has 0 aromatic rings. The summed E-state index contributed by atoms with van der Waals surface area (Å²) in [6, 6.07) is 0. The normalized spacial score (nSPS) is 9.43. The third kappa shape index (κ3) is 3.03. The van der Waals surface area contributed by atoms with E-state index in [0.29, 0.717) is 0 Å². The van der Waals surface area contributed by atoms with Crippen LogP contribution in [0, 0.1) is 5.41 Å². The van der Waals surface area contributed by atoms with Crippen molar-refractivity contribution in [2.75, 3.05) is 7.05 Å². The Balaban J connectivity index is 3.35. The third-order valence-electron chi connectivity index (χ3n) is 0.588. The Morgan fingerprint density at radius 1 is 1.57 bits per heavy atom.